The fraction of sp³-hybridized carbons (Fsp3) is 0.435. The van der Waals surface area contributed by atoms with Gasteiger partial charge in [-0.25, -0.2) is 8.42 Å². The van der Waals surface area contributed by atoms with Gasteiger partial charge in [0.1, 0.15) is 0 Å². The van der Waals surface area contributed by atoms with Crippen LogP contribution in [0.25, 0.3) is 0 Å². The maximum atomic E-state index is 13.1. The van der Waals surface area contributed by atoms with E-state index < -0.39 is 10.0 Å². The van der Waals surface area contributed by atoms with E-state index in [1.54, 1.807) is 12.1 Å². The van der Waals surface area contributed by atoms with E-state index in [2.05, 4.69) is 36.1 Å². The second-order valence-corrected chi connectivity index (χ2v) is 10.3. The zero-order chi connectivity index (χ0) is 21.5. The van der Waals surface area contributed by atoms with Crippen LogP contribution in [0.3, 0.4) is 0 Å². The first kappa shape index (κ1) is 20.9. The van der Waals surface area contributed by atoms with Crippen LogP contribution in [-0.4, -0.2) is 62.6 Å². The summed E-state index contributed by atoms with van der Waals surface area (Å²) in [4.78, 5) is 17.3. The third-order valence-corrected chi connectivity index (χ3v) is 7.42. The molecule has 160 valence electrons. The van der Waals surface area contributed by atoms with Crippen LogP contribution in [0.15, 0.2) is 42.5 Å². The molecule has 2 heterocycles. The highest BCUT2D eigenvalue weighted by molar-refractivity contribution is 7.92. The molecule has 30 heavy (non-hydrogen) atoms. The van der Waals surface area contributed by atoms with Crippen molar-refractivity contribution >= 4 is 21.6 Å². The molecule has 2 aliphatic rings. The highest BCUT2D eigenvalue weighted by Crippen LogP contribution is 2.35. The summed E-state index contributed by atoms with van der Waals surface area (Å²) in [7, 11) is -3.32. The lowest BCUT2D eigenvalue weighted by Gasteiger charge is -2.35. The normalized spacial score (nSPS) is 19.8. The summed E-state index contributed by atoms with van der Waals surface area (Å²) in [5.74, 6) is 0.0267. The summed E-state index contributed by atoms with van der Waals surface area (Å²) in [6, 6.07) is 13.7. The summed E-state index contributed by atoms with van der Waals surface area (Å²) in [6.45, 7) is 8.05. The van der Waals surface area contributed by atoms with Crippen molar-refractivity contribution < 1.29 is 13.2 Å². The van der Waals surface area contributed by atoms with Crippen LogP contribution in [0.1, 0.15) is 34.0 Å². The Labute approximate surface area is 179 Å². The van der Waals surface area contributed by atoms with Gasteiger partial charge in [-0.3, -0.25) is 14.0 Å². The van der Waals surface area contributed by atoms with Crippen LogP contribution >= 0.6 is 0 Å². The van der Waals surface area contributed by atoms with E-state index in [1.165, 1.54) is 21.7 Å². The molecule has 2 aliphatic heterocycles. The summed E-state index contributed by atoms with van der Waals surface area (Å²) < 4.78 is 25.7. The number of rotatable bonds is 4. The number of fused-ring (bicyclic) bond motifs is 1. The smallest absolute Gasteiger partial charge is 0.253 e. The first-order valence-electron chi connectivity index (χ1n) is 10.4. The number of hydrogen-bond acceptors (Lipinski definition) is 4. The van der Waals surface area contributed by atoms with E-state index in [4.69, 9.17) is 0 Å². The van der Waals surface area contributed by atoms with Gasteiger partial charge in [-0.15, -0.1) is 0 Å². The standard InChI is InChI=1S/C23H29N3O3S/c1-17-6-4-5-7-20(17)16-24-10-12-25(13-11-24)23(27)19-8-9-22-21(15-19)14-18(2)26(22)30(3,28)29/h4-9,15,18H,10-14,16H2,1-3H3/t18-/m1/s1. The van der Waals surface area contributed by atoms with Gasteiger partial charge in [-0.05, 0) is 55.2 Å². The summed E-state index contributed by atoms with van der Waals surface area (Å²) >= 11 is 0. The lowest BCUT2D eigenvalue weighted by atomic mass is 10.1. The lowest BCUT2D eigenvalue weighted by molar-refractivity contribution is 0.0628. The predicted molar refractivity (Wildman–Crippen MR) is 119 cm³/mol. The molecule has 6 nitrogen and oxygen atoms in total. The maximum absolute atomic E-state index is 13.1. The van der Waals surface area contributed by atoms with Crippen molar-refractivity contribution in [2.24, 2.45) is 0 Å². The van der Waals surface area contributed by atoms with E-state index in [1.807, 2.05) is 17.9 Å². The van der Waals surface area contributed by atoms with Gasteiger partial charge in [0.15, 0.2) is 0 Å². The summed E-state index contributed by atoms with van der Waals surface area (Å²) in [6.07, 6.45) is 1.86. The summed E-state index contributed by atoms with van der Waals surface area (Å²) in [5.41, 5.74) is 4.90. The molecule has 1 fully saturated rings. The van der Waals surface area contributed by atoms with Crippen LogP contribution in [-0.2, 0) is 23.0 Å². The number of benzene rings is 2. The number of amides is 1. The van der Waals surface area contributed by atoms with Crippen LogP contribution in [0.4, 0.5) is 5.69 Å². The molecule has 0 bridgehead atoms. The molecule has 1 atom stereocenters. The number of carbonyl (C=O) groups excluding carboxylic acids is 1. The average Bonchev–Trinajstić information content (AvgIpc) is 3.05. The number of hydrogen-bond donors (Lipinski definition) is 0. The average molecular weight is 428 g/mol. The van der Waals surface area contributed by atoms with Gasteiger partial charge in [0.2, 0.25) is 10.0 Å². The van der Waals surface area contributed by atoms with E-state index in [0.29, 0.717) is 30.8 Å². The van der Waals surface area contributed by atoms with Gasteiger partial charge < -0.3 is 4.90 Å². The first-order valence-corrected chi connectivity index (χ1v) is 12.3. The lowest BCUT2D eigenvalue weighted by Crippen LogP contribution is -2.48. The molecule has 0 spiro atoms. The maximum Gasteiger partial charge on any atom is 0.253 e. The highest BCUT2D eigenvalue weighted by Gasteiger charge is 2.33. The van der Waals surface area contributed by atoms with Crippen LogP contribution in [0.2, 0.25) is 0 Å². The molecule has 2 aromatic rings. The Morgan fingerprint density at radius 2 is 1.77 bits per heavy atom. The fourth-order valence-corrected chi connectivity index (χ4v) is 5.82. The fourth-order valence-electron chi connectivity index (χ4n) is 4.56. The highest BCUT2D eigenvalue weighted by atomic mass is 32.2. The number of carbonyl (C=O) groups is 1. The molecule has 0 saturated carbocycles. The molecule has 1 saturated heterocycles. The number of aryl methyl sites for hydroxylation is 1. The van der Waals surface area contributed by atoms with Crippen LogP contribution in [0, 0.1) is 6.92 Å². The molecule has 0 radical (unpaired) electrons. The molecular weight excluding hydrogens is 398 g/mol. The minimum Gasteiger partial charge on any atom is -0.336 e. The Hall–Kier alpha value is -2.38. The largest absolute Gasteiger partial charge is 0.336 e. The second-order valence-electron chi connectivity index (χ2n) is 8.45. The second kappa shape index (κ2) is 8.04. The third kappa shape index (κ3) is 4.09. The summed E-state index contributed by atoms with van der Waals surface area (Å²) in [5, 5.41) is 0. The zero-order valence-electron chi connectivity index (χ0n) is 17.8. The molecule has 1 amide bonds. The monoisotopic (exact) mass is 427 g/mol. The number of sulfonamides is 1. The molecule has 0 aliphatic carbocycles. The Morgan fingerprint density at radius 3 is 2.43 bits per heavy atom. The molecule has 2 aromatic carbocycles. The van der Waals surface area contributed by atoms with Crippen LogP contribution < -0.4 is 4.31 Å². The molecule has 0 N–H and O–H groups in total. The number of anilines is 1. The van der Waals surface area contributed by atoms with Crippen molar-refractivity contribution in [3.63, 3.8) is 0 Å². The Bertz CT molecular complexity index is 1060. The Balaban J connectivity index is 1.42. The van der Waals surface area contributed by atoms with Crippen LogP contribution in [0.5, 0.6) is 0 Å². The van der Waals surface area contributed by atoms with Gasteiger partial charge in [-0.1, -0.05) is 24.3 Å². The van der Waals surface area contributed by atoms with Crippen molar-refractivity contribution in [3.8, 4) is 0 Å². The minimum absolute atomic E-state index is 0.0267. The van der Waals surface area contributed by atoms with Gasteiger partial charge in [0, 0.05) is 44.3 Å². The topological polar surface area (TPSA) is 60.9 Å². The molecule has 7 heteroatoms. The van der Waals surface area contributed by atoms with E-state index in [0.717, 1.165) is 25.2 Å². The Morgan fingerprint density at radius 1 is 1.07 bits per heavy atom. The first-order chi connectivity index (χ1) is 14.2. The number of piperazine rings is 1. The van der Waals surface area contributed by atoms with Gasteiger partial charge in [0.05, 0.1) is 11.9 Å². The molecular formula is C23H29N3O3S. The quantitative estimate of drug-likeness (QED) is 0.753. The zero-order valence-corrected chi connectivity index (χ0v) is 18.7. The Kier molecular flexibility index (Phi) is 5.59. The number of nitrogens with zero attached hydrogens (tertiary/aromatic N) is 3. The van der Waals surface area contributed by atoms with Gasteiger partial charge in [0.25, 0.3) is 5.91 Å². The van der Waals surface area contributed by atoms with Crippen molar-refractivity contribution in [1.29, 1.82) is 0 Å². The van der Waals surface area contributed by atoms with E-state index in [9.17, 15) is 13.2 Å². The minimum atomic E-state index is -3.32. The van der Waals surface area contributed by atoms with Gasteiger partial charge in [-0.2, -0.15) is 0 Å². The van der Waals surface area contributed by atoms with Crippen molar-refractivity contribution in [1.82, 2.24) is 9.80 Å². The van der Waals surface area contributed by atoms with Crippen molar-refractivity contribution in [3.05, 3.63) is 64.7 Å². The SMILES string of the molecule is Cc1ccccc1CN1CCN(C(=O)c2ccc3c(c2)C[C@@H](C)N3S(C)(=O)=O)CC1. The predicted octanol–water partition coefficient (Wildman–Crippen LogP) is 2.66. The van der Waals surface area contributed by atoms with Crippen molar-refractivity contribution in [2.45, 2.75) is 32.9 Å². The molecule has 4 rings (SSSR count). The third-order valence-electron chi connectivity index (χ3n) is 6.15. The van der Waals surface area contributed by atoms with E-state index >= 15 is 0 Å². The molecule has 0 unspecified atom stereocenters. The van der Waals surface area contributed by atoms with E-state index in [-0.39, 0.29) is 11.9 Å². The van der Waals surface area contributed by atoms with Crippen molar-refractivity contribution in [2.75, 3.05) is 36.7 Å². The molecule has 0 aromatic heterocycles. The van der Waals surface area contributed by atoms with Gasteiger partial charge >= 0.3 is 0 Å².